The summed E-state index contributed by atoms with van der Waals surface area (Å²) in [4.78, 5) is 0. The van der Waals surface area contributed by atoms with E-state index in [2.05, 4.69) is 30.3 Å². The van der Waals surface area contributed by atoms with Gasteiger partial charge in [-0.3, -0.25) is 0 Å². The Labute approximate surface area is 174 Å². The normalized spacial score (nSPS) is 11.8. The minimum absolute atomic E-state index is 0.284. The summed E-state index contributed by atoms with van der Waals surface area (Å²) in [6.45, 7) is -2.40. The SMILES string of the molecule is C=P(c1ccc(F)cc1)(c1ccc(F)cc1)c1cc2ccccc2c2ccccc12. The number of fused-ring (bicyclic) bond motifs is 3. The number of hydrogen-bond donors (Lipinski definition) is 0. The van der Waals surface area contributed by atoms with Crippen LogP contribution in [0.5, 0.6) is 0 Å². The van der Waals surface area contributed by atoms with Gasteiger partial charge in [-0.2, -0.15) is 0 Å². The van der Waals surface area contributed by atoms with Crippen molar-refractivity contribution >= 4 is 50.6 Å². The fourth-order valence-corrected chi connectivity index (χ4v) is 7.30. The van der Waals surface area contributed by atoms with Crippen molar-refractivity contribution in [2.75, 3.05) is 0 Å². The Balaban J connectivity index is 1.93. The molecule has 0 radical (unpaired) electrons. The maximum atomic E-state index is 13.7. The van der Waals surface area contributed by atoms with Crippen molar-refractivity contribution in [3.63, 3.8) is 0 Å². The van der Waals surface area contributed by atoms with Crippen LogP contribution in [0.15, 0.2) is 103 Å². The minimum atomic E-state index is -2.40. The van der Waals surface area contributed by atoms with Gasteiger partial charge in [0, 0.05) is 0 Å². The lowest BCUT2D eigenvalue weighted by Gasteiger charge is -2.28. The molecular weight excluding hydrogens is 393 g/mol. The molecule has 0 unspecified atom stereocenters. The lowest BCUT2D eigenvalue weighted by atomic mass is 10.0. The highest BCUT2D eigenvalue weighted by Crippen LogP contribution is 2.45. The van der Waals surface area contributed by atoms with Gasteiger partial charge < -0.3 is 0 Å². The van der Waals surface area contributed by atoms with Crippen LogP contribution in [-0.2, 0) is 0 Å². The van der Waals surface area contributed by atoms with Crippen molar-refractivity contribution in [1.29, 1.82) is 0 Å². The third-order valence-corrected chi connectivity index (χ3v) is 9.24. The molecule has 5 rings (SSSR count). The molecule has 0 atom stereocenters. The van der Waals surface area contributed by atoms with Crippen molar-refractivity contribution < 1.29 is 8.78 Å². The second-order valence-electron chi connectivity index (χ2n) is 7.42. The summed E-state index contributed by atoms with van der Waals surface area (Å²) >= 11 is 0. The van der Waals surface area contributed by atoms with Crippen molar-refractivity contribution in [3.05, 3.63) is 115 Å². The Morgan fingerprint density at radius 3 is 1.57 bits per heavy atom. The maximum Gasteiger partial charge on any atom is 0.123 e. The van der Waals surface area contributed by atoms with Crippen LogP contribution in [0.25, 0.3) is 21.5 Å². The summed E-state index contributed by atoms with van der Waals surface area (Å²) in [5.41, 5.74) is 0. The van der Waals surface area contributed by atoms with Gasteiger partial charge in [-0.05, 0) is 74.7 Å². The Bertz CT molecular complexity index is 1370. The second kappa shape index (κ2) is 7.23. The number of halogens is 2. The molecule has 0 aliphatic carbocycles. The predicted molar refractivity (Wildman–Crippen MR) is 127 cm³/mol. The third-order valence-electron chi connectivity index (χ3n) is 5.69. The average Bonchev–Trinajstić information content (AvgIpc) is 2.79. The van der Waals surface area contributed by atoms with Crippen LogP contribution in [0.4, 0.5) is 8.78 Å². The van der Waals surface area contributed by atoms with Crippen LogP contribution in [-0.4, -0.2) is 6.30 Å². The molecule has 0 N–H and O–H groups in total. The van der Waals surface area contributed by atoms with Crippen molar-refractivity contribution in [2.45, 2.75) is 0 Å². The minimum Gasteiger partial charge on any atom is -0.207 e. The zero-order valence-corrected chi connectivity index (χ0v) is 17.1. The molecule has 0 bridgehead atoms. The van der Waals surface area contributed by atoms with Gasteiger partial charge in [0.25, 0.3) is 0 Å². The molecule has 3 heteroatoms. The fraction of sp³-hybridized carbons (Fsp3) is 0. The van der Waals surface area contributed by atoms with Gasteiger partial charge in [-0.25, -0.2) is 8.78 Å². The lowest BCUT2D eigenvalue weighted by molar-refractivity contribution is 0.628. The topological polar surface area (TPSA) is 0 Å². The summed E-state index contributed by atoms with van der Waals surface area (Å²) in [5, 5.41) is 7.60. The van der Waals surface area contributed by atoms with Gasteiger partial charge in [-0.1, -0.05) is 79.1 Å². The zero-order chi connectivity index (χ0) is 20.7. The molecule has 0 aliphatic rings. The largest absolute Gasteiger partial charge is 0.207 e. The molecule has 30 heavy (non-hydrogen) atoms. The van der Waals surface area contributed by atoms with Crippen LogP contribution in [0.2, 0.25) is 0 Å². The molecule has 0 heterocycles. The van der Waals surface area contributed by atoms with Gasteiger partial charge in [0.05, 0.1) is 0 Å². The van der Waals surface area contributed by atoms with Crippen molar-refractivity contribution in [1.82, 2.24) is 0 Å². The Morgan fingerprint density at radius 2 is 1.00 bits per heavy atom. The molecule has 5 aromatic carbocycles. The second-order valence-corrected chi connectivity index (χ2v) is 10.6. The summed E-state index contributed by atoms with van der Waals surface area (Å²) in [6.07, 6.45) is 4.76. The van der Waals surface area contributed by atoms with E-state index in [1.807, 2.05) is 48.5 Å². The fourth-order valence-electron chi connectivity index (χ4n) is 4.17. The Kier molecular flexibility index (Phi) is 4.53. The summed E-state index contributed by atoms with van der Waals surface area (Å²) < 4.78 is 27.5. The molecule has 0 aromatic heterocycles. The molecule has 0 spiro atoms. The molecule has 146 valence electrons. The smallest absolute Gasteiger partial charge is 0.123 e. The Morgan fingerprint density at radius 1 is 0.533 bits per heavy atom. The van der Waals surface area contributed by atoms with Crippen molar-refractivity contribution in [3.8, 4) is 0 Å². The highest BCUT2D eigenvalue weighted by molar-refractivity contribution is 7.93. The first-order valence-corrected chi connectivity index (χ1v) is 11.7. The van der Waals surface area contributed by atoms with Crippen LogP contribution in [0.3, 0.4) is 0 Å². The summed E-state index contributed by atoms with van der Waals surface area (Å²) in [7, 11) is 0. The highest BCUT2D eigenvalue weighted by Gasteiger charge is 2.25. The van der Waals surface area contributed by atoms with Gasteiger partial charge in [0.2, 0.25) is 0 Å². The van der Waals surface area contributed by atoms with Crippen molar-refractivity contribution in [2.24, 2.45) is 0 Å². The van der Waals surface area contributed by atoms with E-state index in [9.17, 15) is 8.78 Å². The molecule has 0 fully saturated rings. The molecule has 0 nitrogen and oxygen atoms in total. The first kappa shape index (κ1) is 18.8. The number of rotatable bonds is 3. The van der Waals surface area contributed by atoms with E-state index in [4.69, 9.17) is 6.30 Å². The summed E-state index contributed by atoms with van der Waals surface area (Å²) in [6, 6.07) is 31.9. The van der Waals surface area contributed by atoms with Gasteiger partial charge in [-0.15, -0.1) is 0 Å². The quantitative estimate of drug-likeness (QED) is 0.252. The average molecular weight is 412 g/mol. The zero-order valence-electron chi connectivity index (χ0n) is 16.2. The monoisotopic (exact) mass is 412 g/mol. The van der Waals surface area contributed by atoms with E-state index in [1.165, 1.54) is 29.7 Å². The molecular formula is C27H19F2P. The van der Waals surface area contributed by atoms with Gasteiger partial charge in [0.1, 0.15) is 11.6 Å². The third kappa shape index (κ3) is 2.96. The van der Waals surface area contributed by atoms with Crippen LogP contribution >= 0.6 is 6.89 Å². The summed E-state index contributed by atoms with van der Waals surface area (Å²) in [5.74, 6) is -0.569. The predicted octanol–water partition coefficient (Wildman–Crippen LogP) is 6.00. The highest BCUT2D eigenvalue weighted by atomic mass is 31.2. The van der Waals surface area contributed by atoms with Gasteiger partial charge >= 0.3 is 0 Å². The maximum absolute atomic E-state index is 13.7. The first-order chi connectivity index (χ1) is 14.6. The van der Waals surface area contributed by atoms with E-state index in [1.54, 1.807) is 0 Å². The van der Waals surface area contributed by atoms with Crippen LogP contribution < -0.4 is 15.9 Å². The first-order valence-electron chi connectivity index (χ1n) is 9.74. The van der Waals surface area contributed by atoms with E-state index in [-0.39, 0.29) is 11.6 Å². The van der Waals surface area contributed by atoms with E-state index in [0.717, 1.165) is 32.1 Å². The molecule has 0 amide bonds. The lowest BCUT2D eigenvalue weighted by Crippen LogP contribution is -2.26. The standard InChI is InChI=1S/C27H19F2P/c1-30(22-14-10-20(28)11-15-22,23-16-12-21(29)13-17-23)27-18-19-6-2-3-7-24(19)25-8-4-5-9-26(25)27/h2-18H,1H2. The molecule has 0 saturated carbocycles. The molecule has 5 aromatic rings. The van der Waals surface area contributed by atoms with Crippen LogP contribution in [0, 0.1) is 11.6 Å². The number of hydrogen-bond acceptors (Lipinski definition) is 0. The molecule has 0 saturated heterocycles. The van der Waals surface area contributed by atoms with Crippen LogP contribution in [0.1, 0.15) is 0 Å². The van der Waals surface area contributed by atoms with Gasteiger partial charge in [0.15, 0.2) is 0 Å². The van der Waals surface area contributed by atoms with E-state index < -0.39 is 6.89 Å². The number of benzene rings is 5. The Hall–Kier alpha value is -3.22. The van der Waals surface area contributed by atoms with E-state index in [0.29, 0.717) is 0 Å². The molecule has 0 aliphatic heterocycles. The van der Waals surface area contributed by atoms with E-state index >= 15 is 0 Å².